The number of carboxylic acid groups (broad SMARTS) is 1. The Morgan fingerprint density at radius 2 is 1.71 bits per heavy atom. The average molecular weight is 568 g/mol. The molecule has 0 aliphatic carbocycles. The van der Waals surface area contributed by atoms with Gasteiger partial charge in [0.25, 0.3) is 0 Å². The fourth-order valence-corrected chi connectivity index (χ4v) is 5.11. The van der Waals surface area contributed by atoms with Gasteiger partial charge in [0.15, 0.2) is 6.54 Å². The van der Waals surface area contributed by atoms with Crippen LogP contribution in [0.15, 0.2) is 72.8 Å². The van der Waals surface area contributed by atoms with Gasteiger partial charge in [0.2, 0.25) is 17.6 Å². The number of hydrogen-bond acceptors (Lipinski definition) is 7. The Balaban J connectivity index is 1.39. The minimum Gasteiger partial charge on any atom is -0.480 e. The molecule has 0 unspecified atom stereocenters. The third kappa shape index (κ3) is 6.69. The van der Waals surface area contributed by atoms with Crippen LogP contribution in [-0.2, 0) is 33.9 Å². The topological polar surface area (TPSA) is 156 Å². The molecule has 1 aliphatic rings. The van der Waals surface area contributed by atoms with Gasteiger partial charge in [-0.1, -0.05) is 66.7 Å². The highest BCUT2D eigenvalue weighted by atomic mass is 16.4. The number of rotatable bonds is 9. The lowest BCUT2D eigenvalue weighted by atomic mass is 9.98. The van der Waals surface area contributed by atoms with Gasteiger partial charge >= 0.3 is 5.97 Å². The van der Waals surface area contributed by atoms with Crippen molar-refractivity contribution in [1.29, 1.82) is 0 Å². The van der Waals surface area contributed by atoms with E-state index in [1.807, 2.05) is 72.8 Å². The second-order valence-electron chi connectivity index (χ2n) is 11.2. The fraction of sp³-hybridized carbons (Fsp3) is 0.290. The minimum atomic E-state index is -1.05. The van der Waals surface area contributed by atoms with Gasteiger partial charge < -0.3 is 21.1 Å². The maximum atomic E-state index is 13.8. The summed E-state index contributed by atoms with van der Waals surface area (Å²) >= 11 is 0. The summed E-state index contributed by atoms with van der Waals surface area (Å²) in [4.78, 5) is 40.3. The van der Waals surface area contributed by atoms with E-state index >= 15 is 0 Å². The van der Waals surface area contributed by atoms with Crippen LogP contribution in [0.4, 0.5) is 5.69 Å². The summed E-state index contributed by atoms with van der Waals surface area (Å²) in [6.45, 7) is 3.52. The maximum Gasteiger partial charge on any atom is 0.327 e. The molecule has 1 aliphatic heterocycles. The predicted octanol–water partition coefficient (Wildman–Crippen LogP) is 3.18. The first-order valence-corrected chi connectivity index (χ1v) is 13.7. The number of tetrazole rings is 1. The first-order valence-electron chi connectivity index (χ1n) is 13.7. The molecular formula is C31H33N7O4. The van der Waals surface area contributed by atoms with Crippen molar-refractivity contribution in [2.45, 2.75) is 57.8 Å². The molecule has 11 heteroatoms. The third-order valence-electron chi connectivity index (χ3n) is 7.00. The number of fused-ring (bicyclic) bond motifs is 1. The average Bonchev–Trinajstić information content (AvgIpc) is 3.36. The number of carboxylic acids is 1. The Kier molecular flexibility index (Phi) is 8.12. The van der Waals surface area contributed by atoms with Crippen LogP contribution in [0.3, 0.4) is 0 Å². The quantitative estimate of drug-likeness (QED) is 0.278. The highest BCUT2D eigenvalue weighted by Crippen LogP contribution is 2.32. The lowest BCUT2D eigenvalue weighted by Gasteiger charge is -2.27. The van der Waals surface area contributed by atoms with Gasteiger partial charge in [-0.15, -0.1) is 10.2 Å². The number of carbonyl (C=O) groups is 3. The molecule has 42 heavy (non-hydrogen) atoms. The van der Waals surface area contributed by atoms with E-state index in [0.717, 1.165) is 38.3 Å². The number of aromatic nitrogens is 4. The zero-order valence-electron chi connectivity index (χ0n) is 23.5. The van der Waals surface area contributed by atoms with Gasteiger partial charge in [0.05, 0.1) is 6.54 Å². The van der Waals surface area contributed by atoms with Crippen molar-refractivity contribution in [2.75, 3.05) is 4.90 Å². The van der Waals surface area contributed by atoms with E-state index in [1.165, 1.54) is 0 Å². The molecule has 1 atom stereocenters. The molecular weight excluding hydrogens is 534 g/mol. The van der Waals surface area contributed by atoms with Crippen molar-refractivity contribution >= 4 is 23.5 Å². The predicted molar refractivity (Wildman–Crippen MR) is 157 cm³/mol. The minimum absolute atomic E-state index is 0.123. The Hall–Kier alpha value is -4.90. The van der Waals surface area contributed by atoms with E-state index < -0.39 is 17.6 Å². The number of carbonyl (C=O) groups excluding carboxylic acids is 2. The molecule has 3 aromatic carbocycles. The van der Waals surface area contributed by atoms with Gasteiger partial charge in [-0.2, -0.15) is 4.80 Å². The Morgan fingerprint density at radius 3 is 2.43 bits per heavy atom. The van der Waals surface area contributed by atoms with Gasteiger partial charge in [0, 0.05) is 23.2 Å². The fourth-order valence-electron chi connectivity index (χ4n) is 5.11. The molecule has 0 bridgehead atoms. The van der Waals surface area contributed by atoms with Crippen LogP contribution in [-0.4, -0.2) is 54.7 Å². The van der Waals surface area contributed by atoms with Crippen molar-refractivity contribution in [1.82, 2.24) is 25.5 Å². The Morgan fingerprint density at radius 1 is 1.02 bits per heavy atom. The number of benzene rings is 3. The largest absolute Gasteiger partial charge is 0.480 e. The van der Waals surface area contributed by atoms with E-state index in [0.29, 0.717) is 25.2 Å². The Labute approximate surface area is 243 Å². The smallest absolute Gasteiger partial charge is 0.327 e. The number of nitrogens with two attached hydrogens (primary N) is 1. The van der Waals surface area contributed by atoms with Gasteiger partial charge in [-0.25, -0.2) is 0 Å². The molecule has 1 aromatic heterocycles. The van der Waals surface area contributed by atoms with Gasteiger partial charge in [-0.3, -0.25) is 14.4 Å². The molecule has 216 valence electrons. The van der Waals surface area contributed by atoms with Crippen LogP contribution >= 0.6 is 0 Å². The molecule has 0 radical (unpaired) electrons. The highest BCUT2D eigenvalue weighted by molar-refractivity contribution is 6.00. The monoisotopic (exact) mass is 567 g/mol. The number of hydrogen-bond donors (Lipinski definition) is 3. The Bertz CT molecular complexity index is 1610. The van der Waals surface area contributed by atoms with Crippen LogP contribution in [0.5, 0.6) is 0 Å². The molecule has 11 nitrogen and oxygen atoms in total. The van der Waals surface area contributed by atoms with Crippen LogP contribution in [0.1, 0.15) is 37.8 Å². The van der Waals surface area contributed by atoms with Crippen LogP contribution in [0.25, 0.3) is 22.5 Å². The second kappa shape index (κ2) is 11.9. The normalized spacial score (nSPS) is 15.2. The summed E-state index contributed by atoms with van der Waals surface area (Å²) in [7, 11) is 0. The summed E-state index contributed by atoms with van der Waals surface area (Å²) in [6, 6.07) is 22.6. The molecule has 4 N–H and O–H groups in total. The van der Waals surface area contributed by atoms with E-state index in [4.69, 9.17) is 10.8 Å². The molecule has 5 rings (SSSR count). The van der Waals surface area contributed by atoms with E-state index in [9.17, 15) is 14.4 Å². The molecule has 4 aromatic rings. The number of anilines is 1. The van der Waals surface area contributed by atoms with Crippen molar-refractivity contribution in [3.8, 4) is 22.5 Å². The maximum absolute atomic E-state index is 13.8. The number of amides is 2. The van der Waals surface area contributed by atoms with Crippen molar-refractivity contribution in [2.24, 2.45) is 5.73 Å². The lowest BCUT2D eigenvalue weighted by Crippen LogP contribution is -2.49. The first kappa shape index (κ1) is 28.6. The number of para-hydroxylation sites is 1. The molecule has 2 amide bonds. The van der Waals surface area contributed by atoms with Gasteiger partial charge in [0.1, 0.15) is 6.04 Å². The summed E-state index contributed by atoms with van der Waals surface area (Å²) in [5.74, 6) is -1.13. The summed E-state index contributed by atoms with van der Waals surface area (Å²) in [5.41, 5.74) is 10.6. The SMILES string of the molecule is CC(C)(N)CC(=O)N[C@@H]1CCc2ccccc2N(Cc2ccc(-c3ccccc3-c3nnn(CC(=O)O)n3)cc2)C1=O. The number of aryl methyl sites for hydroxylation is 1. The van der Waals surface area contributed by atoms with Crippen molar-refractivity contribution in [3.05, 3.63) is 83.9 Å². The number of aliphatic carboxylic acids is 1. The highest BCUT2D eigenvalue weighted by Gasteiger charge is 2.32. The zero-order valence-corrected chi connectivity index (χ0v) is 23.5. The van der Waals surface area contributed by atoms with Crippen molar-refractivity contribution < 1.29 is 19.5 Å². The van der Waals surface area contributed by atoms with Crippen LogP contribution in [0.2, 0.25) is 0 Å². The molecule has 0 fully saturated rings. The lowest BCUT2D eigenvalue weighted by molar-refractivity contribution is -0.138. The van der Waals surface area contributed by atoms with Gasteiger partial charge in [-0.05, 0) is 60.2 Å². The molecule has 2 heterocycles. The van der Waals surface area contributed by atoms with E-state index in [1.54, 1.807) is 18.7 Å². The van der Waals surface area contributed by atoms with E-state index in [2.05, 4.69) is 20.7 Å². The number of nitrogens with one attached hydrogen (secondary N) is 1. The van der Waals surface area contributed by atoms with E-state index in [-0.39, 0.29) is 24.8 Å². The standard InChI is InChI=1S/C31H33N7O4/c1-31(2,32)17-27(39)33-25-16-15-22-7-3-6-10-26(22)37(30(25)42)18-20-11-13-21(14-12-20)23-8-4-5-9-24(23)29-34-36-38(35-29)19-28(40)41/h3-14,25H,15-19,32H2,1-2H3,(H,33,39)(H,40,41)/t25-/m1/s1. The molecule has 0 saturated heterocycles. The van der Waals surface area contributed by atoms with Crippen molar-refractivity contribution in [3.63, 3.8) is 0 Å². The number of nitrogens with zero attached hydrogens (tertiary/aromatic N) is 5. The first-order chi connectivity index (χ1) is 20.1. The second-order valence-corrected chi connectivity index (χ2v) is 11.2. The third-order valence-corrected chi connectivity index (χ3v) is 7.00. The summed E-state index contributed by atoms with van der Waals surface area (Å²) in [5, 5.41) is 24.1. The van der Waals surface area contributed by atoms with Crippen LogP contribution < -0.4 is 16.0 Å². The molecule has 0 spiro atoms. The van der Waals surface area contributed by atoms with Crippen LogP contribution in [0, 0.1) is 0 Å². The zero-order chi connectivity index (χ0) is 29.9. The summed E-state index contributed by atoms with van der Waals surface area (Å²) in [6.07, 6.45) is 1.29. The summed E-state index contributed by atoms with van der Waals surface area (Å²) < 4.78 is 0. The molecule has 0 saturated carbocycles.